The van der Waals surface area contributed by atoms with Crippen LogP contribution in [0.1, 0.15) is 25.3 Å². The molecule has 1 aliphatic heterocycles. The summed E-state index contributed by atoms with van der Waals surface area (Å²) in [6.07, 6.45) is 2.62. The van der Waals surface area contributed by atoms with Gasteiger partial charge in [0.25, 0.3) is 0 Å². The molecule has 0 amide bonds. The topological polar surface area (TPSA) is 12.0 Å². The smallest absolute Gasteiger partial charge is 0.0489 e. The first-order chi connectivity index (χ1) is 7.68. The third kappa shape index (κ3) is 2.75. The van der Waals surface area contributed by atoms with Crippen LogP contribution in [0.5, 0.6) is 0 Å². The molecule has 1 nitrogen and oxygen atoms in total. The van der Waals surface area contributed by atoms with Crippen molar-refractivity contribution in [2.75, 3.05) is 11.1 Å². The first-order valence-corrected chi connectivity index (χ1v) is 7.66. The van der Waals surface area contributed by atoms with Crippen molar-refractivity contribution in [1.82, 2.24) is 0 Å². The lowest BCUT2D eigenvalue weighted by Crippen LogP contribution is -2.32. The van der Waals surface area contributed by atoms with Crippen LogP contribution < -0.4 is 5.32 Å². The molecule has 2 unspecified atom stereocenters. The molecule has 1 heterocycles. The average molecular weight is 300 g/mol. The van der Waals surface area contributed by atoms with Gasteiger partial charge in [0.05, 0.1) is 0 Å². The maximum atomic E-state index is 3.67. The number of halogens is 1. The van der Waals surface area contributed by atoms with Gasteiger partial charge in [0.15, 0.2) is 0 Å². The Bertz CT molecular complexity index is 367. The van der Waals surface area contributed by atoms with Crippen LogP contribution in [0.15, 0.2) is 22.7 Å². The second-order valence-corrected chi connectivity index (χ2v) is 6.68. The fourth-order valence-corrected chi connectivity index (χ4v) is 3.59. The van der Waals surface area contributed by atoms with Crippen molar-refractivity contribution in [2.45, 2.75) is 38.0 Å². The van der Waals surface area contributed by atoms with E-state index in [0.717, 1.165) is 0 Å². The Morgan fingerprint density at radius 2 is 2.25 bits per heavy atom. The van der Waals surface area contributed by atoms with Gasteiger partial charge in [0.1, 0.15) is 0 Å². The van der Waals surface area contributed by atoms with Gasteiger partial charge in [-0.05, 0) is 53.1 Å². The van der Waals surface area contributed by atoms with Crippen LogP contribution in [0.3, 0.4) is 0 Å². The van der Waals surface area contributed by atoms with Crippen LogP contribution in [0, 0.1) is 6.92 Å². The summed E-state index contributed by atoms with van der Waals surface area (Å²) in [5.74, 6) is 1.31. The van der Waals surface area contributed by atoms with Crippen LogP contribution in [-0.4, -0.2) is 17.0 Å². The summed E-state index contributed by atoms with van der Waals surface area (Å²) in [6.45, 7) is 4.46. The zero-order valence-corrected chi connectivity index (χ0v) is 12.2. The van der Waals surface area contributed by atoms with Gasteiger partial charge in [-0.3, -0.25) is 0 Å². The van der Waals surface area contributed by atoms with E-state index in [4.69, 9.17) is 0 Å². The maximum Gasteiger partial charge on any atom is 0.0489 e. The quantitative estimate of drug-likeness (QED) is 0.866. The van der Waals surface area contributed by atoms with Gasteiger partial charge in [-0.2, -0.15) is 11.8 Å². The number of nitrogens with one attached hydrogen (secondary N) is 1. The highest BCUT2D eigenvalue weighted by molar-refractivity contribution is 9.10. The third-order valence-corrected chi connectivity index (χ3v) is 5.57. The highest BCUT2D eigenvalue weighted by Crippen LogP contribution is 2.31. The first kappa shape index (κ1) is 12.3. The molecule has 0 spiro atoms. The predicted molar refractivity (Wildman–Crippen MR) is 77.4 cm³/mol. The van der Waals surface area contributed by atoms with Gasteiger partial charge in [0.2, 0.25) is 0 Å². The molecule has 1 N–H and O–H groups in total. The second kappa shape index (κ2) is 5.46. The summed E-state index contributed by atoms with van der Waals surface area (Å²) >= 11 is 5.74. The number of thioether (sulfide) groups is 1. The van der Waals surface area contributed by atoms with E-state index in [9.17, 15) is 0 Å². The van der Waals surface area contributed by atoms with E-state index in [0.29, 0.717) is 11.3 Å². The summed E-state index contributed by atoms with van der Waals surface area (Å²) in [4.78, 5) is 0. The minimum Gasteiger partial charge on any atom is -0.380 e. The van der Waals surface area contributed by atoms with Crippen molar-refractivity contribution >= 4 is 33.4 Å². The van der Waals surface area contributed by atoms with E-state index in [-0.39, 0.29) is 0 Å². The summed E-state index contributed by atoms with van der Waals surface area (Å²) < 4.78 is 1.21. The molecular formula is C13H18BrNS. The van der Waals surface area contributed by atoms with E-state index in [1.807, 2.05) is 0 Å². The minimum atomic E-state index is 0.608. The van der Waals surface area contributed by atoms with Crippen LogP contribution in [-0.2, 0) is 0 Å². The van der Waals surface area contributed by atoms with Crippen molar-refractivity contribution in [3.05, 3.63) is 28.2 Å². The summed E-state index contributed by atoms with van der Waals surface area (Å²) in [5, 5.41) is 4.38. The van der Waals surface area contributed by atoms with E-state index < -0.39 is 0 Å². The Morgan fingerprint density at radius 1 is 1.44 bits per heavy atom. The molecule has 1 aromatic rings. The van der Waals surface area contributed by atoms with Crippen molar-refractivity contribution in [2.24, 2.45) is 0 Å². The van der Waals surface area contributed by atoms with Gasteiger partial charge in [-0.1, -0.05) is 19.1 Å². The molecule has 0 aliphatic carbocycles. The zero-order valence-electron chi connectivity index (χ0n) is 9.79. The van der Waals surface area contributed by atoms with E-state index in [1.165, 1.54) is 34.3 Å². The molecule has 2 atom stereocenters. The lowest BCUT2D eigenvalue weighted by Gasteiger charge is -2.30. The zero-order chi connectivity index (χ0) is 11.5. The average Bonchev–Trinajstić information content (AvgIpc) is 2.28. The molecule has 1 fully saturated rings. The normalized spacial score (nSPS) is 25.4. The predicted octanol–water partition coefficient (Wildman–Crippen LogP) is 4.45. The summed E-state index contributed by atoms with van der Waals surface area (Å²) in [5.41, 5.74) is 2.53. The van der Waals surface area contributed by atoms with Crippen molar-refractivity contribution in [3.8, 4) is 0 Å². The lowest BCUT2D eigenvalue weighted by molar-refractivity contribution is 0.617. The lowest BCUT2D eigenvalue weighted by atomic mass is 10.1. The number of hydrogen-bond acceptors (Lipinski definition) is 2. The van der Waals surface area contributed by atoms with E-state index >= 15 is 0 Å². The maximum absolute atomic E-state index is 3.67. The SMILES string of the molecule is Cc1cccc(NC2CCCSC2C)c1Br. The van der Waals surface area contributed by atoms with Crippen molar-refractivity contribution in [3.63, 3.8) is 0 Å². The Labute approximate surface area is 111 Å². The van der Waals surface area contributed by atoms with Gasteiger partial charge in [-0.15, -0.1) is 0 Å². The Morgan fingerprint density at radius 3 is 3.00 bits per heavy atom. The standard InChI is InChI=1S/C13H18BrNS/c1-9-5-3-6-12(13(9)14)15-11-7-4-8-16-10(11)2/h3,5-6,10-11,15H,4,7-8H2,1-2H3. The molecular weight excluding hydrogens is 282 g/mol. The number of rotatable bonds is 2. The van der Waals surface area contributed by atoms with Crippen LogP contribution in [0.2, 0.25) is 0 Å². The molecule has 3 heteroatoms. The van der Waals surface area contributed by atoms with Crippen molar-refractivity contribution in [1.29, 1.82) is 0 Å². The Hall–Kier alpha value is -0.150. The highest BCUT2D eigenvalue weighted by Gasteiger charge is 2.22. The molecule has 1 aliphatic rings. The van der Waals surface area contributed by atoms with Gasteiger partial charge in [-0.25, -0.2) is 0 Å². The molecule has 0 aromatic heterocycles. The van der Waals surface area contributed by atoms with Crippen LogP contribution >= 0.6 is 27.7 Å². The van der Waals surface area contributed by atoms with E-state index in [1.54, 1.807) is 0 Å². The molecule has 88 valence electrons. The van der Waals surface area contributed by atoms with Crippen molar-refractivity contribution < 1.29 is 0 Å². The highest BCUT2D eigenvalue weighted by atomic mass is 79.9. The van der Waals surface area contributed by atoms with E-state index in [2.05, 4.69) is 65.1 Å². The largest absolute Gasteiger partial charge is 0.380 e. The fraction of sp³-hybridized carbons (Fsp3) is 0.538. The molecule has 2 rings (SSSR count). The van der Waals surface area contributed by atoms with Crippen LogP contribution in [0.4, 0.5) is 5.69 Å². The molecule has 1 aromatic carbocycles. The minimum absolute atomic E-state index is 0.608. The summed E-state index contributed by atoms with van der Waals surface area (Å²) in [6, 6.07) is 7.01. The molecule has 1 saturated heterocycles. The Kier molecular flexibility index (Phi) is 4.20. The number of aryl methyl sites for hydroxylation is 1. The monoisotopic (exact) mass is 299 g/mol. The molecule has 16 heavy (non-hydrogen) atoms. The molecule has 0 bridgehead atoms. The number of benzene rings is 1. The first-order valence-electron chi connectivity index (χ1n) is 5.81. The fourth-order valence-electron chi connectivity index (χ4n) is 2.07. The molecule has 0 saturated carbocycles. The third-order valence-electron chi connectivity index (χ3n) is 3.14. The summed E-state index contributed by atoms with van der Waals surface area (Å²) in [7, 11) is 0. The van der Waals surface area contributed by atoms with Gasteiger partial charge in [0, 0.05) is 21.5 Å². The molecule has 0 radical (unpaired) electrons. The second-order valence-electron chi connectivity index (χ2n) is 4.41. The van der Waals surface area contributed by atoms with Gasteiger partial charge >= 0.3 is 0 Å². The van der Waals surface area contributed by atoms with Crippen LogP contribution in [0.25, 0.3) is 0 Å². The number of anilines is 1. The number of hydrogen-bond donors (Lipinski definition) is 1. The Balaban J connectivity index is 2.10. The van der Waals surface area contributed by atoms with Gasteiger partial charge < -0.3 is 5.32 Å².